The summed E-state index contributed by atoms with van der Waals surface area (Å²) in [5, 5.41) is 14.4. The average molecular weight is 395 g/mol. The van der Waals surface area contributed by atoms with Gasteiger partial charge in [0.05, 0.1) is 11.1 Å². The summed E-state index contributed by atoms with van der Waals surface area (Å²) >= 11 is 2.17. The Bertz CT molecular complexity index is 699. The Morgan fingerprint density at radius 3 is 2.48 bits per heavy atom. The summed E-state index contributed by atoms with van der Waals surface area (Å²) in [5.74, 6) is -0.424. The van der Waals surface area contributed by atoms with Crippen LogP contribution >= 0.6 is 22.6 Å². The van der Waals surface area contributed by atoms with E-state index < -0.39 is 10.8 Å². The molecule has 2 aromatic rings. The predicted molar refractivity (Wildman–Crippen MR) is 87.3 cm³/mol. The van der Waals surface area contributed by atoms with Crippen molar-refractivity contribution in [2.75, 3.05) is 0 Å². The molecule has 6 nitrogen and oxygen atoms in total. The number of hydrogen-bond acceptors (Lipinski definition) is 4. The maximum Gasteiger partial charge on any atom is 0.271 e. The summed E-state index contributed by atoms with van der Waals surface area (Å²) in [7, 11) is 0. The largest absolute Gasteiger partial charge is 0.271 e. The number of nitro benzene ring substituents is 1. The van der Waals surface area contributed by atoms with E-state index in [2.05, 4.69) is 33.1 Å². The van der Waals surface area contributed by atoms with E-state index in [1.807, 2.05) is 24.3 Å². The zero-order valence-corrected chi connectivity index (χ0v) is 12.9. The highest BCUT2D eigenvalue weighted by Gasteiger charge is 2.08. The summed E-state index contributed by atoms with van der Waals surface area (Å²) in [6.07, 6.45) is 1.55. The van der Waals surface area contributed by atoms with Crippen molar-refractivity contribution in [3.05, 3.63) is 73.3 Å². The van der Waals surface area contributed by atoms with Crippen molar-refractivity contribution in [3.63, 3.8) is 0 Å². The maximum atomic E-state index is 11.8. The number of nitrogens with zero attached hydrogens (tertiary/aromatic N) is 2. The van der Waals surface area contributed by atoms with Crippen LogP contribution < -0.4 is 5.43 Å². The van der Waals surface area contributed by atoms with Crippen LogP contribution in [0, 0.1) is 13.7 Å². The Kier molecular flexibility index (Phi) is 4.99. The molecule has 0 spiro atoms. The first-order chi connectivity index (χ1) is 10.1. The molecule has 0 radical (unpaired) electrons. The predicted octanol–water partition coefficient (Wildman–Crippen LogP) is 2.96. The Morgan fingerprint density at radius 2 is 1.86 bits per heavy atom. The van der Waals surface area contributed by atoms with E-state index in [4.69, 9.17) is 0 Å². The second kappa shape index (κ2) is 6.93. The summed E-state index contributed by atoms with van der Waals surface area (Å²) in [5.41, 5.74) is 3.52. The van der Waals surface area contributed by atoms with Crippen molar-refractivity contribution in [1.29, 1.82) is 0 Å². The van der Waals surface area contributed by atoms with Crippen molar-refractivity contribution < 1.29 is 9.72 Å². The Hall–Kier alpha value is -2.29. The molecule has 0 saturated carbocycles. The molecule has 106 valence electrons. The van der Waals surface area contributed by atoms with Gasteiger partial charge in [-0.1, -0.05) is 18.2 Å². The van der Waals surface area contributed by atoms with Crippen molar-refractivity contribution in [2.45, 2.75) is 0 Å². The van der Waals surface area contributed by atoms with E-state index in [0.717, 1.165) is 9.13 Å². The summed E-state index contributed by atoms with van der Waals surface area (Å²) in [6.45, 7) is 0. The van der Waals surface area contributed by atoms with Crippen LogP contribution in [-0.2, 0) is 0 Å². The number of hydrogen-bond donors (Lipinski definition) is 1. The van der Waals surface area contributed by atoms with Gasteiger partial charge in [0.2, 0.25) is 0 Å². The lowest BCUT2D eigenvalue weighted by Crippen LogP contribution is -2.17. The van der Waals surface area contributed by atoms with Gasteiger partial charge >= 0.3 is 0 Å². The van der Waals surface area contributed by atoms with Gasteiger partial charge in [0, 0.05) is 26.8 Å². The summed E-state index contributed by atoms with van der Waals surface area (Å²) in [4.78, 5) is 21.8. The zero-order chi connectivity index (χ0) is 15.2. The summed E-state index contributed by atoms with van der Waals surface area (Å²) in [6, 6.07) is 12.9. The van der Waals surface area contributed by atoms with Crippen molar-refractivity contribution in [3.8, 4) is 0 Å². The van der Waals surface area contributed by atoms with Crippen molar-refractivity contribution in [2.24, 2.45) is 5.10 Å². The van der Waals surface area contributed by atoms with Gasteiger partial charge in [-0.2, -0.15) is 5.10 Å². The number of nitro groups is 1. The number of benzene rings is 2. The summed E-state index contributed by atoms with van der Waals surface area (Å²) < 4.78 is 1.02. The van der Waals surface area contributed by atoms with Gasteiger partial charge in [-0.3, -0.25) is 14.9 Å². The highest BCUT2D eigenvalue weighted by atomic mass is 127. The van der Waals surface area contributed by atoms with Gasteiger partial charge in [-0.25, -0.2) is 5.43 Å². The average Bonchev–Trinajstić information content (AvgIpc) is 2.49. The zero-order valence-electron chi connectivity index (χ0n) is 10.7. The third-order valence-electron chi connectivity index (χ3n) is 2.62. The van der Waals surface area contributed by atoms with Gasteiger partial charge in [0.15, 0.2) is 0 Å². The van der Waals surface area contributed by atoms with Gasteiger partial charge in [-0.05, 0) is 40.8 Å². The molecule has 0 bridgehead atoms. The second-order valence-corrected chi connectivity index (χ2v) is 5.19. The van der Waals surface area contributed by atoms with E-state index in [9.17, 15) is 14.9 Å². The first-order valence-corrected chi connectivity index (χ1v) is 6.98. The molecular weight excluding hydrogens is 385 g/mol. The minimum atomic E-state index is -0.517. The molecule has 1 N–H and O–H groups in total. The molecule has 0 aromatic heterocycles. The molecule has 2 rings (SSSR count). The van der Waals surface area contributed by atoms with Crippen molar-refractivity contribution >= 4 is 40.4 Å². The van der Waals surface area contributed by atoms with Gasteiger partial charge in [-0.15, -0.1) is 0 Å². The lowest BCUT2D eigenvalue weighted by atomic mass is 10.2. The van der Waals surface area contributed by atoms with E-state index >= 15 is 0 Å². The van der Waals surface area contributed by atoms with Gasteiger partial charge in [0.25, 0.3) is 11.6 Å². The van der Waals surface area contributed by atoms with E-state index in [-0.39, 0.29) is 5.69 Å². The number of carbonyl (C=O) groups excluding carboxylic acids is 1. The van der Waals surface area contributed by atoms with E-state index in [0.29, 0.717) is 5.56 Å². The molecule has 0 saturated heterocycles. The number of non-ortho nitro benzene ring substituents is 1. The lowest BCUT2D eigenvalue weighted by molar-refractivity contribution is -0.384. The molecule has 0 fully saturated rings. The minimum Gasteiger partial charge on any atom is -0.267 e. The number of rotatable bonds is 4. The van der Waals surface area contributed by atoms with Crippen LogP contribution in [-0.4, -0.2) is 17.0 Å². The van der Waals surface area contributed by atoms with E-state index in [1.54, 1.807) is 6.21 Å². The SMILES string of the molecule is O=C(NN=Cc1ccccc1I)c1ccc([N+](=O)[O-])cc1. The number of carbonyl (C=O) groups is 1. The Balaban J connectivity index is 2.02. The fourth-order valence-corrected chi connectivity index (χ4v) is 2.07. The van der Waals surface area contributed by atoms with Crippen LogP contribution in [0.5, 0.6) is 0 Å². The first kappa shape index (κ1) is 15.1. The molecule has 0 heterocycles. The van der Waals surface area contributed by atoms with Crippen LogP contribution in [0.3, 0.4) is 0 Å². The van der Waals surface area contributed by atoms with Gasteiger partial charge in [0.1, 0.15) is 0 Å². The number of amides is 1. The Labute approximate surface area is 134 Å². The maximum absolute atomic E-state index is 11.8. The molecule has 7 heteroatoms. The number of hydrazone groups is 1. The normalized spacial score (nSPS) is 10.5. The molecule has 21 heavy (non-hydrogen) atoms. The first-order valence-electron chi connectivity index (χ1n) is 5.90. The third-order valence-corrected chi connectivity index (χ3v) is 3.60. The van der Waals surface area contributed by atoms with Crippen molar-refractivity contribution in [1.82, 2.24) is 5.43 Å². The quantitative estimate of drug-likeness (QED) is 0.374. The molecule has 0 aliphatic carbocycles. The number of nitrogens with one attached hydrogen (secondary N) is 1. The smallest absolute Gasteiger partial charge is 0.267 e. The van der Waals surface area contributed by atoms with Crippen LogP contribution in [0.15, 0.2) is 53.6 Å². The van der Waals surface area contributed by atoms with E-state index in [1.165, 1.54) is 24.3 Å². The van der Waals surface area contributed by atoms with Crippen LogP contribution in [0.2, 0.25) is 0 Å². The van der Waals surface area contributed by atoms with Gasteiger partial charge < -0.3 is 0 Å². The van der Waals surface area contributed by atoms with Crippen LogP contribution in [0.25, 0.3) is 0 Å². The molecular formula is C14H10IN3O3. The topological polar surface area (TPSA) is 84.6 Å². The number of halogens is 1. The minimum absolute atomic E-state index is 0.0612. The molecule has 0 atom stereocenters. The molecule has 0 aliphatic rings. The molecule has 1 amide bonds. The fourth-order valence-electron chi connectivity index (χ4n) is 1.54. The molecule has 0 aliphatic heterocycles. The molecule has 0 unspecified atom stereocenters. The monoisotopic (exact) mass is 395 g/mol. The molecule has 2 aromatic carbocycles. The highest BCUT2D eigenvalue weighted by Crippen LogP contribution is 2.12. The Morgan fingerprint density at radius 1 is 1.19 bits per heavy atom. The standard InChI is InChI=1S/C14H10IN3O3/c15-13-4-2-1-3-11(13)9-16-17-14(19)10-5-7-12(8-6-10)18(20)21/h1-9H,(H,17,19). The fraction of sp³-hybridized carbons (Fsp3) is 0. The van der Waals surface area contributed by atoms with Crippen LogP contribution in [0.4, 0.5) is 5.69 Å². The third kappa shape index (κ3) is 4.09. The second-order valence-electron chi connectivity index (χ2n) is 4.02. The highest BCUT2D eigenvalue weighted by molar-refractivity contribution is 14.1. The van der Waals surface area contributed by atoms with Crippen LogP contribution in [0.1, 0.15) is 15.9 Å². The lowest BCUT2D eigenvalue weighted by Gasteiger charge is -2.00.